The van der Waals surface area contributed by atoms with Crippen LogP contribution in [0.15, 0.2) is 17.7 Å². The van der Waals surface area contributed by atoms with Crippen LogP contribution in [-0.4, -0.2) is 0 Å². The number of rotatable bonds is 0. The molecule has 0 bridgehead atoms. The summed E-state index contributed by atoms with van der Waals surface area (Å²) in [6.07, 6.45) is 7.78. The molecule has 0 aromatic rings. The summed E-state index contributed by atoms with van der Waals surface area (Å²) >= 11 is 0. The zero-order valence-corrected chi connectivity index (χ0v) is 12.5. The third kappa shape index (κ3) is 6.10. The quantitative estimate of drug-likeness (QED) is 0.418. The zero-order chi connectivity index (χ0) is 7.78. The average Bonchev–Trinajstić information content (AvgIpc) is 2.11. The van der Waals surface area contributed by atoms with Gasteiger partial charge in [0.1, 0.15) is 0 Å². The Morgan fingerprint density at radius 3 is 1.85 bits per heavy atom. The molecule has 0 nitrogen and oxygen atoms in total. The molecule has 0 heterocycles. The Morgan fingerprint density at radius 1 is 1.23 bits per heavy atom. The van der Waals surface area contributed by atoms with Gasteiger partial charge in [-0.3, -0.25) is 6.08 Å². The van der Waals surface area contributed by atoms with Gasteiger partial charge < -0.3 is 24.8 Å². The summed E-state index contributed by atoms with van der Waals surface area (Å²) in [5.74, 6) is 0.522. The van der Waals surface area contributed by atoms with Crippen molar-refractivity contribution < 1.29 is 51.0 Å². The molecule has 0 aromatic carbocycles. The summed E-state index contributed by atoms with van der Waals surface area (Å²) in [7, 11) is 0. The third-order valence-electron chi connectivity index (χ3n) is 1.74. The van der Waals surface area contributed by atoms with Crippen molar-refractivity contribution >= 4 is 0 Å². The molecular weight excluding hydrogens is 282 g/mol. The predicted molar refractivity (Wildman–Crippen MR) is 44.5 cm³/mol. The van der Waals surface area contributed by atoms with Crippen molar-refractivity contribution in [2.45, 2.75) is 27.7 Å². The minimum atomic E-state index is 0. The molecular formula is C10H15Cl2Zr. The second-order valence-electron chi connectivity index (χ2n) is 3.96. The van der Waals surface area contributed by atoms with Gasteiger partial charge in [-0.05, 0) is 5.41 Å². The Kier molecular flexibility index (Phi) is 10.9. The van der Waals surface area contributed by atoms with Crippen LogP contribution in [0.4, 0.5) is 0 Å². The van der Waals surface area contributed by atoms with Gasteiger partial charge in [0.2, 0.25) is 0 Å². The largest absolute Gasteiger partial charge is 3.00 e. The fourth-order valence-corrected chi connectivity index (χ4v) is 1.05. The molecule has 1 unspecified atom stereocenters. The van der Waals surface area contributed by atoms with E-state index in [0.717, 1.165) is 0 Å². The van der Waals surface area contributed by atoms with Crippen molar-refractivity contribution in [3.05, 3.63) is 23.8 Å². The van der Waals surface area contributed by atoms with Gasteiger partial charge in [-0.1, -0.05) is 33.6 Å². The fraction of sp³-hybridized carbons (Fsp3) is 0.600. The summed E-state index contributed by atoms with van der Waals surface area (Å²) in [6, 6.07) is 0. The molecule has 1 atom stereocenters. The molecule has 0 saturated heterocycles. The molecule has 0 spiro atoms. The average molecular weight is 297 g/mol. The van der Waals surface area contributed by atoms with Crippen molar-refractivity contribution in [2.24, 2.45) is 11.3 Å². The van der Waals surface area contributed by atoms with E-state index < -0.39 is 0 Å². The van der Waals surface area contributed by atoms with E-state index in [1.54, 1.807) is 0 Å². The van der Waals surface area contributed by atoms with E-state index in [1.165, 1.54) is 5.57 Å². The van der Waals surface area contributed by atoms with E-state index in [9.17, 15) is 0 Å². The normalized spacial score (nSPS) is 19.4. The Hall–Kier alpha value is 0.943. The van der Waals surface area contributed by atoms with Crippen LogP contribution >= 0.6 is 0 Å². The van der Waals surface area contributed by atoms with Crippen molar-refractivity contribution in [3.8, 4) is 0 Å². The third-order valence-corrected chi connectivity index (χ3v) is 1.74. The Morgan fingerprint density at radius 2 is 1.69 bits per heavy atom. The molecule has 0 fully saturated rings. The first-order chi connectivity index (χ1) is 4.50. The minimum Gasteiger partial charge on any atom is -1.00 e. The van der Waals surface area contributed by atoms with Gasteiger partial charge in [0, 0.05) is 0 Å². The topological polar surface area (TPSA) is 0 Å². The Labute approximate surface area is 113 Å². The van der Waals surface area contributed by atoms with Gasteiger partial charge in [0.25, 0.3) is 0 Å². The van der Waals surface area contributed by atoms with Gasteiger partial charge in [-0.15, -0.1) is 0 Å². The first-order valence-electron chi connectivity index (χ1n) is 3.82. The maximum Gasteiger partial charge on any atom is 3.00 e. The van der Waals surface area contributed by atoms with Crippen molar-refractivity contribution in [3.63, 3.8) is 0 Å². The van der Waals surface area contributed by atoms with E-state index in [2.05, 4.69) is 45.9 Å². The van der Waals surface area contributed by atoms with E-state index in [-0.39, 0.29) is 56.4 Å². The maximum atomic E-state index is 3.40. The van der Waals surface area contributed by atoms with Crippen LogP contribution in [0.5, 0.6) is 0 Å². The minimum absolute atomic E-state index is 0. The van der Waals surface area contributed by atoms with Crippen molar-refractivity contribution in [1.82, 2.24) is 0 Å². The monoisotopic (exact) mass is 295 g/mol. The molecule has 0 aromatic heterocycles. The molecule has 13 heavy (non-hydrogen) atoms. The molecule has 0 amide bonds. The standard InChI is InChI=1S/C10H15.2ClH.Zr/c1-8-5-6-9(7-8)10(2,3)4;;;/h5-6,8H,1-4H3;2*1H;/q-1;;;+3/p-2. The molecule has 1 aliphatic carbocycles. The molecule has 0 saturated carbocycles. The molecule has 0 aliphatic heterocycles. The van der Waals surface area contributed by atoms with Crippen molar-refractivity contribution in [1.29, 1.82) is 0 Å². The van der Waals surface area contributed by atoms with Gasteiger partial charge >= 0.3 is 26.2 Å². The fourth-order valence-electron chi connectivity index (χ4n) is 1.05. The Bertz CT molecular complexity index is 190. The van der Waals surface area contributed by atoms with Gasteiger partial charge in [-0.2, -0.15) is 6.08 Å². The molecule has 3 heteroatoms. The van der Waals surface area contributed by atoms with Crippen molar-refractivity contribution in [2.75, 3.05) is 0 Å². The van der Waals surface area contributed by atoms with Crippen LogP contribution in [-0.2, 0) is 26.2 Å². The van der Waals surface area contributed by atoms with Crippen LogP contribution < -0.4 is 24.8 Å². The van der Waals surface area contributed by atoms with E-state index in [0.29, 0.717) is 5.92 Å². The molecule has 0 N–H and O–H groups in total. The Balaban J connectivity index is -0.000000333. The van der Waals surface area contributed by atoms with Crippen LogP contribution in [0.25, 0.3) is 0 Å². The summed E-state index contributed by atoms with van der Waals surface area (Å²) in [6.45, 7) is 8.82. The van der Waals surface area contributed by atoms with E-state index in [1.807, 2.05) is 0 Å². The first kappa shape index (κ1) is 19.5. The van der Waals surface area contributed by atoms with Gasteiger partial charge in [-0.25, -0.2) is 11.6 Å². The zero-order valence-electron chi connectivity index (χ0n) is 8.49. The number of hydrogen-bond acceptors (Lipinski definition) is 0. The van der Waals surface area contributed by atoms with Crippen LogP contribution in [0.3, 0.4) is 0 Å². The van der Waals surface area contributed by atoms with Crippen LogP contribution in [0.2, 0.25) is 0 Å². The predicted octanol–water partition coefficient (Wildman–Crippen LogP) is -3.03. The number of hydrogen-bond donors (Lipinski definition) is 0. The second kappa shape index (κ2) is 7.26. The van der Waals surface area contributed by atoms with E-state index >= 15 is 0 Å². The smallest absolute Gasteiger partial charge is 1.00 e. The van der Waals surface area contributed by atoms with Crippen LogP contribution in [0.1, 0.15) is 27.7 Å². The van der Waals surface area contributed by atoms with Gasteiger partial charge in [0.15, 0.2) is 0 Å². The maximum absolute atomic E-state index is 3.40. The summed E-state index contributed by atoms with van der Waals surface area (Å²) in [4.78, 5) is 0. The first-order valence-corrected chi connectivity index (χ1v) is 3.82. The molecule has 1 radical (unpaired) electrons. The van der Waals surface area contributed by atoms with Gasteiger partial charge in [0.05, 0.1) is 0 Å². The van der Waals surface area contributed by atoms with Crippen LogP contribution in [0, 0.1) is 17.4 Å². The SMILES string of the molecule is CC1[C-]=C(C(C)(C)C)C=C1.[Cl-].[Cl-].[Zr+3]. The molecule has 1 aliphatic rings. The molecule has 73 valence electrons. The summed E-state index contributed by atoms with van der Waals surface area (Å²) < 4.78 is 0. The second-order valence-corrected chi connectivity index (χ2v) is 3.96. The molecule has 1 rings (SSSR count). The summed E-state index contributed by atoms with van der Waals surface area (Å²) in [5.41, 5.74) is 1.63. The number of allylic oxidation sites excluding steroid dienone is 4. The summed E-state index contributed by atoms with van der Waals surface area (Å²) in [5, 5.41) is 0. The number of halogens is 2. The van der Waals surface area contributed by atoms with E-state index in [4.69, 9.17) is 0 Å².